The molecular weight excluding hydrogens is 523 g/mol. The fourth-order valence-electron chi connectivity index (χ4n) is 3.16. The van der Waals surface area contributed by atoms with Crippen LogP contribution in [0.5, 0.6) is 0 Å². The lowest BCUT2D eigenvalue weighted by molar-refractivity contribution is -0.0945. The number of alkyl halides is 2. The first-order valence-electron chi connectivity index (χ1n) is 9.29. The molecule has 1 aliphatic heterocycles. The molecule has 0 atom stereocenters. The van der Waals surface area contributed by atoms with Gasteiger partial charge in [-0.15, -0.1) is 0 Å². The van der Waals surface area contributed by atoms with Gasteiger partial charge in [-0.25, -0.2) is 35.6 Å². The zero-order valence-electron chi connectivity index (χ0n) is 16.2. The second-order valence-electron chi connectivity index (χ2n) is 7.16. The molecule has 1 fully saturated rings. The Balaban J connectivity index is 1.46. The molecule has 172 valence electrons. The van der Waals surface area contributed by atoms with Gasteiger partial charge in [-0.1, -0.05) is 10.3 Å². The zero-order valence-corrected chi connectivity index (χ0v) is 18.6. The molecule has 15 heteroatoms. The molecule has 10 nitrogen and oxygen atoms in total. The van der Waals surface area contributed by atoms with Gasteiger partial charge in [-0.2, -0.15) is 4.31 Å². The Morgan fingerprint density at radius 3 is 2.59 bits per heavy atom. The van der Waals surface area contributed by atoms with Gasteiger partial charge in [-0.3, -0.25) is 4.52 Å². The van der Waals surface area contributed by atoms with Gasteiger partial charge in [0.25, 0.3) is 5.92 Å². The summed E-state index contributed by atoms with van der Waals surface area (Å²) in [5, 5.41) is 11.2. The number of sulfonamides is 1. The van der Waals surface area contributed by atoms with Gasteiger partial charge >= 0.3 is 5.76 Å². The van der Waals surface area contributed by atoms with Crippen LogP contribution in [0.2, 0.25) is 0 Å². The molecular formula is C17H15BrF3N5O5S. The summed E-state index contributed by atoms with van der Waals surface area (Å²) in [5.41, 5.74) is 0.647. The molecule has 4 rings (SSSR count). The zero-order chi connectivity index (χ0) is 23.1. The van der Waals surface area contributed by atoms with Gasteiger partial charge in [0.2, 0.25) is 15.8 Å². The lowest BCUT2D eigenvalue weighted by Gasteiger charge is -2.37. The maximum absolute atomic E-state index is 13.6. The molecule has 0 bridgehead atoms. The van der Waals surface area contributed by atoms with Crippen molar-refractivity contribution in [3.63, 3.8) is 0 Å². The quantitative estimate of drug-likeness (QED) is 0.401. The van der Waals surface area contributed by atoms with Crippen LogP contribution in [0.25, 0.3) is 17.2 Å². The van der Waals surface area contributed by atoms with Crippen LogP contribution in [-0.4, -0.2) is 57.5 Å². The molecule has 0 unspecified atom stereocenters. The Hall–Kier alpha value is -2.52. The average molecular weight is 538 g/mol. The number of hydrogen-bond donors (Lipinski definition) is 0. The van der Waals surface area contributed by atoms with Gasteiger partial charge < -0.3 is 0 Å². The van der Waals surface area contributed by atoms with Crippen LogP contribution < -0.4 is 5.76 Å². The number of aromatic nitrogens is 4. The molecule has 2 aromatic heterocycles. The number of aryl methyl sites for hydroxylation is 1. The van der Waals surface area contributed by atoms with Crippen molar-refractivity contribution >= 4 is 26.0 Å². The van der Waals surface area contributed by atoms with Gasteiger partial charge in [0, 0.05) is 0 Å². The van der Waals surface area contributed by atoms with Gasteiger partial charge in [0.05, 0.1) is 29.0 Å². The number of halogens is 4. The molecule has 1 aromatic carbocycles. The predicted molar refractivity (Wildman–Crippen MR) is 106 cm³/mol. The fourth-order valence-corrected chi connectivity index (χ4v) is 5.13. The SMILES string of the molecule is O=c1onc(-c2nonc2CCCCS(=O)(=O)N2CC(F)(F)C2)n1-c1ccc(F)c(Br)c1. The standard InChI is InChI=1S/C17H15BrF3N5O5S/c18-11-7-10(4-5-12(11)19)26-15(24-30-16(26)27)14-13(22-31-23-14)3-1-2-6-32(28,29)25-8-17(20,21)9-25/h4-5,7H,1-3,6,8-9H2. The van der Waals surface area contributed by atoms with Crippen LogP contribution in [0.3, 0.4) is 0 Å². The fraction of sp³-hybridized carbons (Fsp3) is 0.412. The monoisotopic (exact) mass is 537 g/mol. The Morgan fingerprint density at radius 1 is 1.16 bits per heavy atom. The van der Waals surface area contributed by atoms with Gasteiger partial charge in [0.15, 0.2) is 5.69 Å². The summed E-state index contributed by atoms with van der Waals surface area (Å²) in [5.74, 6) is -4.66. The predicted octanol–water partition coefficient (Wildman–Crippen LogP) is 2.38. The molecule has 0 radical (unpaired) electrons. The minimum Gasteiger partial charge on any atom is -0.295 e. The molecule has 0 spiro atoms. The van der Waals surface area contributed by atoms with E-state index in [0.717, 1.165) is 14.9 Å². The summed E-state index contributed by atoms with van der Waals surface area (Å²) < 4.78 is 74.9. The highest BCUT2D eigenvalue weighted by molar-refractivity contribution is 9.10. The lowest BCUT2D eigenvalue weighted by Crippen LogP contribution is -2.58. The highest BCUT2D eigenvalue weighted by Gasteiger charge is 2.49. The normalized spacial score (nSPS) is 16.2. The van der Waals surface area contributed by atoms with E-state index in [2.05, 4.69) is 31.4 Å². The maximum Gasteiger partial charge on any atom is 0.446 e. The van der Waals surface area contributed by atoms with E-state index >= 15 is 0 Å². The second-order valence-corrected chi connectivity index (χ2v) is 10.1. The largest absolute Gasteiger partial charge is 0.446 e. The second kappa shape index (κ2) is 8.44. The van der Waals surface area contributed by atoms with Crippen molar-refractivity contribution in [2.75, 3.05) is 18.8 Å². The molecule has 0 amide bonds. The summed E-state index contributed by atoms with van der Waals surface area (Å²) in [6.07, 6.45) is 0.737. The first-order chi connectivity index (χ1) is 15.1. The summed E-state index contributed by atoms with van der Waals surface area (Å²) in [7, 11) is -3.76. The van der Waals surface area contributed by atoms with Gasteiger partial charge in [0.1, 0.15) is 11.5 Å². The van der Waals surface area contributed by atoms with Crippen molar-refractivity contribution in [1.29, 1.82) is 0 Å². The Bertz CT molecular complexity index is 1300. The van der Waals surface area contributed by atoms with Crippen LogP contribution in [0.4, 0.5) is 13.2 Å². The molecule has 0 N–H and O–H groups in total. The van der Waals surface area contributed by atoms with Crippen LogP contribution >= 0.6 is 15.9 Å². The number of nitrogens with zero attached hydrogens (tertiary/aromatic N) is 5. The molecule has 1 aliphatic rings. The van der Waals surface area contributed by atoms with E-state index in [1.807, 2.05) is 0 Å². The highest BCUT2D eigenvalue weighted by Crippen LogP contribution is 2.30. The van der Waals surface area contributed by atoms with E-state index in [-0.39, 0.29) is 40.3 Å². The summed E-state index contributed by atoms with van der Waals surface area (Å²) >= 11 is 3.05. The van der Waals surface area contributed by atoms with Crippen LogP contribution in [0, 0.1) is 5.82 Å². The van der Waals surface area contributed by atoms with Crippen molar-refractivity contribution < 1.29 is 30.7 Å². The maximum atomic E-state index is 13.6. The lowest BCUT2D eigenvalue weighted by atomic mass is 10.1. The highest BCUT2D eigenvalue weighted by atomic mass is 79.9. The molecule has 0 aliphatic carbocycles. The molecule has 32 heavy (non-hydrogen) atoms. The smallest absolute Gasteiger partial charge is 0.295 e. The van der Waals surface area contributed by atoms with Crippen molar-refractivity contribution in [1.82, 2.24) is 24.3 Å². The van der Waals surface area contributed by atoms with E-state index in [9.17, 15) is 26.4 Å². The number of hydrogen-bond acceptors (Lipinski definition) is 8. The van der Waals surface area contributed by atoms with Crippen LogP contribution in [0.1, 0.15) is 18.5 Å². The molecule has 3 heterocycles. The van der Waals surface area contributed by atoms with E-state index in [1.165, 1.54) is 12.1 Å². The first-order valence-corrected chi connectivity index (χ1v) is 11.7. The van der Waals surface area contributed by atoms with Crippen molar-refractivity contribution in [3.8, 4) is 17.2 Å². The molecule has 1 saturated heterocycles. The van der Waals surface area contributed by atoms with Crippen molar-refractivity contribution in [2.45, 2.75) is 25.2 Å². The topological polar surface area (TPSA) is 124 Å². The third-order valence-corrected chi connectivity index (χ3v) is 7.27. The van der Waals surface area contributed by atoms with Crippen molar-refractivity contribution in [2.24, 2.45) is 0 Å². The average Bonchev–Trinajstić information content (AvgIpc) is 3.31. The summed E-state index contributed by atoms with van der Waals surface area (Å²) in [6, 6.07) is 3.85. The summed E-state index contributed by atoms with van der Waals surface area (Å²) in [4.78, 5) is 12.2. The van der Waals surface area contributed by atoms with E-state index in [1.54, 1.807) is 0 Å². The minimum atomic E-state index is -3.76. The van der Waals surface area contributed by atoms with Gasteiger partial charge in [-0.05, 0) is 58.5 Å². The number of unbranched alkanes of at least 4 members (excludes halogenated alkanes) is 1. The molecule has 0 saturated carbocycles. The molecule has 3 aromatic rings. The number of rotatable bonds is 8. The van der Waals surface area contributed by atoms with Crippen LogP contribution in [-0.2, 0) is 16.4 Å². The Morgan fingerprint density at radius 2 is 1.91 bits per heavy atom. The van der Waals surface area contributed by atoms with E-state index in [0.29, 0.717) is 12.1 Å². The van der Waals surface area contributed by atoms with E-state index in [4.69, 9.17) is 9.15 Å². The van der Waals surface area contributed by atoms with Crippen LogP contribution in [0.15, 0.2) is 36.6 Å². The third-order valence-electron chi connectivity index (χ3n) is 4.81. The van der Waals surface area contributed by atoms with E-state index < -0.39 is 40.6 Å². The third kappa shape index (κ3) is 4.49. The number of benzene rings is 1. The summed E-state index contributed by atoms with van der Waals surface area (Å²) in [6.45, 7) is -1.59. The minimum absolute atomic E-state index is 0.0276. The van der Waals surface area contributed by atoms with Crippen molar-refractivity contribution in [3.05, 3.63) is 44.7 Å². The Labute approximate surface area is 187 Å². The Kier molecular flexibility index (Phi) is 5.98. The first kappa shape index (κ1) is 22.7.